The van der Waals surface area contributed by atoms with E-state index in [9.17, 15) is 4.79 Å². The van der Waals surface area contributed by atoms with Gasteiger partial charge in [-0.05, 0) is 43.0 Å². The maximum atomic E-state index is 12.6. The third-order valence-electron chi connectivity index (χ3n) is 4.55. The zero-order valence-corrected chi connectivity index (χ0v) is 14.4. The van der Waals surface area contributed by atoms with Crippen LogP contribution in [0.1, 0.15) is 30.1 Å². The van der Waals surface area contributed by atoms with E-state index < -0.39 is 0 Å². The lowest BCUT2D eigenvalue weighted by molar-refractivity contribution is 0.422. The van der Waals surface area contributed by atoms with Crippen molar-refractivity contribution in [3.63, 3.8) is 0 Å². The van der Waals surface area contributed by atoms with Gasteiger partial charge in [0.25, 0.3) is 5.56 Å². The maximum Gasteiger partial charge on any atom is 0.254 e. The molecule has 0 amide bonds. The molecule has 0 saturated heterocycles. The van der Waals surface area contributed by atoms with Crippen molar-refractivity contribution in [3.05, 3.63) is 75.7 Å². The minimum Gasteiger partial charge on any atom is -0.296 e. The first-order valence-corrected chi connectivity index (χ1v) is 8.71. The molecular formula is C19H17ClN4O. The van der Waals surface area contributed by atoms with Crippen molar-refractivity contribution >= 4 is 11.6 Å². The molecule has 1 aliphatic rings. The molecule has 0 aliphatic carbocycles. The minimum absolute atomic E-state index is 0.0191. The largest absolute Gasteiger partial charge is 0.296 e. The van der Waals surface area contributed by atoms with Crippen molar-refractivity contribution in [3.8, 4) is 11.4 Å². The summed E-state index contributed by atoms with van der Waals surface area (Å²) in [5.41, 5.74) is 2.42. The number of hydrogen-bond acceptors (Lipinski definition) is 4. The van der Waals surface area contributed by atoms with E-state index >= 15 is 0 Å². The lowest BCUT2D eigenvalue weighted by atomic mass is 9.91. The molecule has 0 N–H and O–H groups in total. The van der Waals surface area contributed by atoms with Gasteiger partial charge in [-0.25, -0.2) is 15.0 Å². The summed E-state index contributed by atoms with van der Waals surface area (Å²) in [6.07, 6.45) is 5.93. The van der Waals surface area contributed by atoms with E-state index in [1.807, 2.05) is 18.2 Å². The molecule has 0 bridgehead atoms. The third-order valence-corrected chi connectivity index (χ3v) is 4.79. The lowest BCUT2D eigenvalue weighted by Crippen LogP contribution is -2.31. The molecule has 4 rings (SSSR count). The summed E-state index contributed by atoms with van der Waals surface area (Å²) in [6.45, 7) is 0.720. The van der Waals surface area contributed by atoms with Crippen LogP contribution < -0.4 is 5.56 Å². The monoisotopic (exact) mass is 352 g/mol. The Bertz CT molecular complexity index is 955. The van der Waals surface area contributed by atoms with E-state index in [4.69, 9.17) is 16.6 Å². The van der Waals surface area contributed by atoms with E-state index in [0.29, 0.717) is 11.4 Å². The van der Waals surface area contributed by atoms with Crippen molar-refractivity contribution in [1.29, 1.82) is 0 Å². The molecule has 6 heteroatoms. The number of nitrogens with zero attached hydrogens (tertiary/aromatic N) is 4. The third kappa shape index (κ3) is 3.33. The van der Waals surface area contributed by atoms with Crippen LogP contribution in [0.2, 0.25) is 5.02 Å². The molecule has 25 heavy (non-hydrogen) atoms. The summed E-state index contributed by atoms with van der Waals surface area (Å²) in [5, 5.41) is 0.730. The number of benzene rings is 1. The van der Waals surface area contributed by atoms with Gasteiger partial charge in [0.1, 0.15) is 12.2 Å². The van der Waals surface area contributed by atoms with Crippen LogP contribution >= 0.6 is 11.6 Å². The molecule has 1 aromatic carbocycles. The summed E-state index contributed by atoms with van der Waals surface area (Å²) in [7, 11) is 0. The van der Waals surface area contributed by atoms with E-state index in [2.05, 4.69) is 16.0 Å². The van der Waals surface area contributed by atoms with Crippen LogP contribution in [0, 0.1) is 0 Å². The predicted octanol–water partition coefficient (Wildman–Crippen LogP) is 3.47. The molecule has 0 saturated carbocycles. The molecule has 5 nitrogen and oxygen atoms in total. The molecule has 0 spiro atoms. The van der Waals surface area contributed by atoms with E-state index in [0.717, 1.165) is 42.2 Å². The first-order chi connectivity index (χ1) is 12.2. The van der Waals surface area contributed by atoms with Crippen molar-refractivity contribution in [2.24, 2.45) is 0 Å². The second kappa shape index (κ2) is 6.76. The summed E-state index contributed by atoms with van der Waals surface area (Å²) < 4.78 is 1.80. The van der Waals surface area contributed by atoms with Gasteiger partial charge in [-0.2, -0.15) is 0 Å². The molecule has 126 valence electrons. The minimum atomic E-state index is -0.0191. The number of rotatable bonds is 3. The van der Waals surface area contributed by atoms with Crippen molar-refractivity contribution in [1.82, 2.24) is 19.5 Å². The molecule has 3 heterocycles. The Hall–Kier alpha value is -2.53. The Morgan fingerprint density at radius 2 is 2.12 bits per heavy atom. The van der Waals surface area contributed by atoms with Gasteiger partial charge in [-0.3, -0.25) is 9.36 Å². The van der Waals surface area contributed by atoms with Crippen LogP contribution in [0.4, 0.5) is 0 Å². The van der Waals surface area contributed by atoms with Crippen molar-refractivity contribution in [2.45, 2.75) is 31.7 Å². The van der Waals surface area contributed by atoms with Gasteiger partial charge >= 0.3 is 0 Å². The molecular weight excluding hydrogens is 336 g/mol. The highest BCUT2D eigenvalue weighted by Gasteiger charge is 2.24. The molecule has 1 aliphatic heterocycles. The van der Waals surface area contributed by atoms with Crippen LogP contribution in [-0.2, 0) is 13.0 Å². The topological polar surface area (TPSA) is 60.7 Å². The fourth-order valence-corrected chi connectivity index (χ4v) is 3.61. The molecule has 2 aromatic heterocycles. The van der Waals surface area contributed by atoms with Gasteiger partial charge in [0.05, 0.1) is 11.4 Å². The van der Waals surface area contributed by atoms with Crippen LogP contribution in [0.25, 0.3) is 11.4 Å². The molecule has 0 radical (unpaired) electrons. The van der Waals surface area contributed by atoms with Gasteiger partial charge in [-0.15, -0.1) is 0 Å². The standard InChI is InChI=1S/C19H17ClN4O/c20-15-5-1-3-13(10-15)9-14-4-2-8-24-18(25)11-17(23-19(14)24)16-6-7-21-12-22-16/h1,3,5-7,10-12,14H,2,4,8-9H2. The molecule has 1 unspecified atom stereocenters. The Balaban J connectivity index is 1.75. The second-order valence-corrected chi connectivity index (χ2v) is 6.69. The van der Waals surface area contributed by atoms with E-state index in [1.165, 1.54) is 6.33 Å². The van der Waals surface area contributed by atoms with Crippen LogP contribution in [0.15, 0.2) is 53.7 Å². The molecule has 3 aromatic rings. The van der Waals surface area contributed by atoms with Crippen molar-refractivity contribution < 1.29 is 0 Å². The van der Waals surface area contributed by atoms with Gasteiger partial charge in [0.2, 0.25) is 0 Å². The fourth-order valence-electron chi connectivity index (χ4n) is 3.40. The van der Waals surface area contributed by atoms with E-state index in [1.54, 1.807) is 22.9 Å². The SMILES string of the molecule is O=c1cc(-c2ccncn2)nc2n1CCCC2Cc1cccc(Cl)c1. The number of aromatic nitrogens is 4. The average Bonchev–Trinajstić information content (AvgIpc) is 2.63. The quantitative estimate of drug-likeness (QED) is 0.724. The number of fused-ring (bicyclic) bond motifs is 1. The van der Waals surface area contributed by atoms with Gasteiger partial charge in [0.15, 0.2) is 0 Å². The van der Waals surface area contributed by atoms with Gasteiger partial charge < -0.3 is 0 Å². The number of halogens is 1. The molecule has 1 atom stereocenters. The second-order valence-electron chi connectivity index (χ2n) is 6.26. The first-order valence-electron chi connectivity index (χ1n) is 8.33. The lowest BCUT2D eigenvalue weighted by Gasteiger charge is -2.26. The zero-order valence-electron chi connectivity index (χ0n) is 13.6. The fraction of sp³-hybridized carbons (Fsp3) is 0.263. The van der Waals surface area contributed by atoms with Gasteiger partial charge in [-0.1, -0.05) is 23.7 Å². The molecule has 0 fully saturated rings. The van der Waals surface area contributed by atoms with Crippen LogP contribution in [0.5, 0.6) is 0 Å². The number of hydrogen-bond donors (Lipinski definition) is 0. The van der Waals surface area contributed by atoms with Crippen molar-refractivity contribution in [2.75, 3.05) is 0 Å². The highest BCUT2D eigenvalue weighted by molar-refractivity contribution is 6.30. The predicted molar refractivity (Wildman–Crippen MR) is 96.7 cm³/mol. The Morgan fingerprint density at radius 3 is 2.92 bits per heavy atom. The Kier molecular flexibility index (Phi) is 4.32. The summed E-state index contributed by atoms with van der Waals surface area (Å²) in [6, 6.07) is 11.2. The average molecular weight is 353 g/mol. The van der Waals surface area contributed by atoms with E-state index in [-0.39, 0.29) is 11.5 Å². The maximum absolute atomic E-state index is 12.6. The highest BCUT2D eigenvalue weighted by atomic mass is 35.5. The summed E-state index contributed by atoms with van der Waals surface area (Å²) >= 11 is 6.11. The Morgan fingerprint density at radius 1 is 1.20 bits per heavy atom. The van der Waals surface area contributed by atoms with Gasteiger partial charge in [0, 0.05) is 29.7 Å². The smallest absolute Gasteiger partial charge is 0.254 e. The van der Waals surface area contributed by atoms with Crippen LogP contribution in [0.3, 0.4) is 0 Å². The summed E-state index contributed by atoms with van der Waals surface area (Å²) in [4.78, 5) is 25.5. The normalized spacial score (nSPS) is 16.4. The Labute approximate surface area is 150 Å². The zero-order chi connectivity index (χ0) is 17.2. The van der Waals surface area contributed by atoms with Crippen LogP contribution in [-0.4, -0.2) is 19.5 Å². The first kappa shape index (κ1) is 16.0. The highest BCUT2D eigenvalue weighted by Crippen LogP contribution is 2.29. The summed E-state index contributed by atoms with van der Waals surface area (Å²) in [5.74, 6) is 1.04.